The first-order chi connectivity index (χ1) is 11.2. The number of rotatable bonds is 2. The van der Waals surface area contributed by atoms with E-state index in [9.17, 15) is 17.4 Å². The molecule has 0 bridgehead atoms. The van der Waals surface area contributed by atoms with Crippen molar-refractivity contribution in [3.63, 3.8) is 0 Å². The average molecular weight is 355 g/mol. The number of nitrogens with two attached hydrogens (primary N) is 2. The smallest absolute Gasteiger partial charge is 0.294 e. The third kappa shape index (κ3) is 2.82. The van der Waals surface area contributed by atoms with Gasteiger partial charge in [0.25, 0.3) is 10.1 Å². The fourth-order valence-corrected chi connectivity index (χ4v) is 3.79. The number of halogens is 1. The lowest BCUT2D eigenvalue weighted by Gasteiger charge is -2.45. The number of anilines is 1. The van der Waals surface area contributed by atoms with Crippen LogP contribution in [0.15, 0.2) is 33.1 Å². The highest BCUT2D eigenvalue weighted by Crippen LogP contribution is 2.40. The minimum atomic E-state index is -4.49. The van der Waals surface area contributed by atoms with E-state index >= 15 is 0 Å². The molecule has 5 N–H and O–H groups in total. The molecule has 130 valence electrons. The van der Waals surface area contributed by atoms with E-state index in [0.29, 0.717) is 12.8 Å². The molecule has 0 amide bonds. The van der Waals surface area contributed by atoms with Crippen LogP contribution in [0.4, 0.5) is 10.1 Å². The van der Waals surface area contributed by atoms with Crippen molar-refractivity contribution in [1.29, 1.82) is 0 Å². The lowest BCUT2D eigenvalue weighted by molar-refractivity contribution is 0.303. The van der Waals surface area contributed by atoms with Crippen LogP contribution in [-0.2, 0) is 10.1 Å². The van der Waals surface area contributed by atoms with Crippen LogP contribution in [0.5, 0.6) is 0 Å². The molecule has 1 spiro atoms. The predicted molar refractivity (Wildman–Crippen MR) is 87.8 cm³/mol. The third-order valence-electron chi connectivity index (χ3n) is 4.31. The van der Waals surface area contributed by atoms with E-state index in [0.717, 1.165) is 37.5 Å². The Labute approximate surface area is 138 Å². The number of aliphatic imine (C=N–C) groups is 2. The Hall–Kier alpha value is -2.20. The summed E-state index contributed by atoms with van der Waals surface area (Å²) >= 11 is 0. The zero-order valence-electron chi connectivity index (χ0n) is 12.8. The molecule has 0 radical (unpaired) electrons. The second kappa shape index (κ2) is 5.71. The van der Waals surface area contributed by atoms with Crippen molar-refractivity contribution in [2.75, 3.05) is 4.90 Å². The molecule has 0 saturated heterocycles. The maximum Gasteiger partial charge on any atom is 0.294 e. The van der Waals surface area contributed by atoms with Crippen LogP contribution in [0.1, 0.15) is 32.1 Å². The number of guanidine groups is 2. The van der Waals surface area contributed by atoms with Crippen molar-refractivity contribution in [2.45, 2.75) is 42.7 Å². The monoisotopic (exact) mass is 355 g/mol. The van der Waals surface area contributed by atoms with Crippen LogP contribution in [0.25, 0.3) is 0 Å². The lowest BCUT2D eigenvalue weighted by atomic mass is 9.87. The molecule has 0 aromatic heterocycles. The molecular formula is C14H18FN5O3S. The van der Waals surface area contributed by atoms with Gasteiger partial charge in [0.05, 0.1) is 10.6 Å². The van der Waals surface area contributed by atoms with Crippen LogP contribution in [0, 0.1) is 5.82 Å². The normalized spacial score (nSPS) is 20.7. The molecule has 1 aromatic rings. The first kappa shape index (κ1) is 16.7. The Kier molecular flexibility index (Phi) is 3.96. The molecule has 1 heterocycles. The van der Waals surface area contributed by atoms with Crippen molar-refractivity contribution in [2.24, 2.45) is 21.5 Å². The van der Waals surface area contributed by atoms with Crippen LogP contribution in [-0.4, -0.2) is 30.6 Å². The number of nitrogens with zero attached hydrogens (tertiary/aromatic N) is 3. The van der Waals surface area contributed by atoms with Gasteiger partial charge in [0, 0.05) is 0 Å². The summed E-state index contributed by atoms with van der Waals surface area (Å²) in [6.45, 7) is 0. The van der Waals surface area contributed by atoms with Gasteiger partial charge in [0.1, 0.15) is 11.5 Å². The van der Waals surface area contributed by atoms with Gasteiger partial charge in [-0.15, -0.1) is 0 Å². The lowest BCUT2D eigenvalue weighted by Crippen LogP contribution is -2.58. The van der Waals surface area contributed by atoms with E-state index in [-0.39, 0.29) is 17.6 Å². The molecule has 1 saturated carbocycles. The molecule has 1 aromatic carbocycles. The van der Waals surface area contributed by atoms with E-state index in [4.69, 9.17) is 11.5 Å². The van der Waals surface area contributed by atoms with Crippen LogP contribution < -0.4 is 16.4 Å². The Morgan fingerprint density at radius 1 is 1.21 bits per heavy atom. The average Bonchev–Trinajstić information content (AvgIpc) is 2.48. The number of hydrogen-bond donors (Lipinski definition) is 3. The van der Waals surface area contributed by atoms with Gasteiger partial charge in [0.2, 0.25) is 11.9 Å². The molecule has 10 heteroatoms. The largest absolute Gasteiger partial charge is 0.369 e. The summed E-state index contributed by atoms with van der Waals surface area (Å²) in [6, 6.07) is 2.97. The van der Waals surface area contributed by atoms with Crippen molar-refractivity contribution < 1.29 is 17.4 Å². The maximum atomic E-state index is 14.4. The second-order valence-electron chi connectivity index (χ2n) is 5.91. The maximum absolute atomic E-state index is 14.4. The summed E-state index contributed by atoms with van der Waals surface area (Å²) in [6.07, 6.45) is 3.87. The molecule has 0 unspecified atom stereocenters. The fraction of sp³-hybridized carbons (Fsp3) is 0.429. The molecule has 0 atom stereocenters. The zero-order chi connectivity index (χ0) is 17.5. The first-order valence-electron chi connectivity index (χ1n) is 7.50. The highest BCUT2D eigenvalue weighted by Gasteiger charge is 2.43. The minimum absolute atomic E-state index is 0.0111. The Morgan fingerprint density at radius 2 is 1.88 bits per heavy atom. The van der Waals surface area contributed by atoms with Gasteiger partial charge in [-0.25, -0.2) is 9.38 Å². The van der Waals surface area contributed by atoms with Crippen molar-refractivity contribution in [1.82, 2.24) is 0 Å². The summed E-state index contributed by atoms with van der Waals surface area (Å²) in [5.74, 6) is -0.742. The molecule has 1 aliphatic carbocycles. The topological polar surface area (TPSA) is 134 Å². The quantitative estimate of drug-likeness (QED) is 0.682. The highest BCUT2D eigenvalue weighted by atomic mass is 32.2. The SMILES string of the molecule is NC1=NC2(CCCCC2)N(c2cc(S(=O)(=O)O)ccc2F)C(N)=N1. The first-order valence-corrected chi connectivity index (χ1v) is 8.94. The molecule has 1 aliphatic heterocycles. The Morgan fingerprint density at radius 3 is 2.50 bits per heavy atom. The number of benzene rings is 1. The van der Waals surface area contributed by atoms with E-state index in [1.807, 2.05) is 0 Å². The van der Waals surface area contributed by atoms with Crippen molar-refractivity contribution >= 4 is 27.7 Å². The molecular weight excluding hydrogens is 337 g/mol. The third-order valence-corrected chi connectivity index (χ3v) is 5.16. The highest BCUT2D eigenvalue weighted by molar-refractivity contribution is 7.85. The second-order valence-corrected chi connectivity index (χ2v) is 7.33. The Bertz CT molecular complexity index is 831. The summed E-state index contributed by atoms with van der Waals surface area (Å²) < 4.78 is 46.4. The van der Waals surface area contributed by atoms with Gasteiger partial charge in [-0.05, 0) is 43.9 Å². The van der Waals surface area contributed by atoms with Gasteiger partial charge in [-0.3, -0.25) is 9.45 Å². The zero-order valence-corrected chi connectivity index (χ0v) is 13.6. The standard InChI is InChI=1S/C14H18FN5O3S/c15-10-5-4-9(24(21,22)23)8-11(10)20-13(17)18-12(16)19-14(20)6-2-1-3-7-14/h4-5,8H,1-3,6-7H2,(H,21,22,23)(H4,16,17,18,19). The minimum Gasteiger partial charge on any atom is -0.369 e. The van der Waals surface area contributed by atoms with Crippen molar-refractivity contribution in [3.05, 3.63) is 24.0 Å². The van der Waals surface area contributed by atoms with E-state index in [1.165, 1.54) is 4.90 Å². The van der Waals surface area contributed by atoms with Gasteiger partial charge < -0.3 is 11.5 Å². The Balaban J connectivity index is 2.17. The molecule has 1 fully saturated rings. The van der Waals surface area contributed by atoms with E-state index in [2.05, 4.69) is 9.98 Å². The van der Waals surface area contributed by atoms with Gasteiger partial charge >= 0.3 is 0 Å². The summed E-state index contributed by atoms with van der Waals surface area (Å²) in [5.41, 5.74) is 10.7. The molecule has 24 heavy (non-hydrogen) atoms. The van der Waals surface area contributed by atoms with Gasteiger partial charge in [-0.1, -0.05) is 6.42 Å². The fourth-order valence-electron chi connectivity index (χ4n) is 3.29. The summed E-state index contributed by atoms with van der Waals surface area (Å²) in [7, 11) is -4.49. The van der Waals surface area contributed by atoms with E-state index < -0.39 is 26.5 Å². The predicted octanol–water partition coefficient (Wildman–Crippen LogP) is 1.18. The molecule has 2 aliphatic rings. The molecule has 3 rings (SSSR count). The molecule has 8 nitrogen and oxygen atoms in total. The van der Waals surface area contributed by atoms with Gasteiger partial charge in [-0.2, -0.15) is 13.4 Å². The van der Waals surface area contributed by atoms with Crippen LogP contribution in [0.3, 0.4) is 0 Å². The van der Waals surface area contributed by atoms with Crippen LogP contribution in [0.2, 0.25) is 0 Å². The van der Waals surface area contributed by atoms with Crippen molar-refractivity contribution in [3.8, 4) is 0 Å². The van der Waals surface area contributed by atoms with E-state index in [1.54, 1.807) is 0 Å². The van der Waals surface area contributed by atoms with Crippen LogP contribution >= 0.6 is 0 Å². The van der Waals surface area contributed by atoms with Gasteiger partial charge in [0.15, 0.2) is 0 Å². The summed E-state index contributed by atoms with van der Waals surface area (Å²) in [4.78, 5) is 9.23. The summed E-state index contributed by atoms with van der Waals surface area (Å²) in [5, 5.41) is 0. The number of hydrogen-bond acceptors (Lipinski definition) is 7.